The van der Waals surface area contributed by atoms with Gasteiger partial charge in [-0.15, -0.1) is 0 Å². The summed E-state index contributed by atoms with van der Waals surface area (Å²) < 4.78 is 56.7. The smallest absolute Gasteiger partial charge is 0.261 e. The van der Waals surface area contributed by atoms with E-state index in [9.17, 15) is 21.6 Å². The van der Waals surface area contributed by atoms with Crippen molar-refractivity contribution in [2.75, 3.05) is 23.1 Å². The van der Waals surface area contributed by atoms with Crippen LogP contribution in [0.4, 0.5) is 11.4 Å². The summed E-state index contributed by atoms with van der Waals surface area (Å²) >= 11 is 3.35. The van der Waals surface area contributed by atoms with Crippen LogP contribution in [-0.2, 0) is 30.6 Å². The molecule has 40 heavy (non-hydrogen) atoms. The minimum absolute atomic E-state index is 0.0720. The maximum atomic E-state index is 13.0. The zero-order valence-corrected chi connectivity index (χ0v) is 24.7. The van der Waals surface area contributed by atoms with Gasteiger partial charge in [0.1, 0.15) is 0 Å². The molecule has 4 aromatic rings. The van der Waals surface area contributed by atoms with Crippen LogP contribution >= 0.6 is 15.9 Å². The van der Waals surface area contributed by atoms with Crippen molar-refractivity contribution in [2.24, 2.45) is 5.92 Å². The summed E-state index contributed by atoms with van der Waals surface area (Å²) in [6.45, 7) is 0.544. The summed E-state index contributed by atoms with van der Waals surface area (Å²) in [7, 11) is -7.33. The van der Waals surface area contributed by atoms with Gasteiger partial charge in [-0.3, -0.25) is 9.52 Å². The lowest BCUT2D eigenvalue weighted by Crippen LogP contribution is -2.41. The zero-order valence-electron chi connectivity index (χ0n) is 21.5. The summed E-state index contributed by atoms with van der Waals surface area (Å²) in [4.78, 5) is 13.0. The van der Waals surface area contributed by atoms with Gasteiger partial charge in [0.25, 0.3) is 10.0 Å². The van der Waals surface area contributed by atoms with Gasteiger partial charge in [-0.2, -0.15) is 0 Å². The van der Waals surface area contributed by atoms with Gasteiger partial charge in [0.05, 0.1) is 16.3 Å². The van der Waals surface area contributed by atoms with Gasteiger partial charge in [0, 0.05) is 34.6 Å². The van der Waals surface area contributed by atoms with Gasteiger partial charge in [-0.1, -0.05) is 64.5 Å². The largest absolute Gasteiger partial charge is 0.326 e. The first kappa shape index (κ1) is 28.3. The van der Waals surface area contributed by atoms with Gasteiger partial charge in [-0.05, 0) is 66.3 Å². The summed E-state index contributed by atoms with van der Waals surface area (Å²) in [6, 6.07) is 26.1. The first-order valence-corrected chi connectivity index (χ1v) is 16.6. The number of benzene rings is 4. The van der Waals surface area contributed by atoms with Gasteiger partial charge in [0.15, 0.2) is 0 Å². The Morgan fingerprint density at radius 3 is 2.17 bits per heavy atom. The molecule has 1 heterocycles. The van der Waals surface area contributed by atoms with E-state index in [0.29, 0.717) is 29.8 Å². The predicted molar refractivity (Wildman–Crippen MR) is 161 cm³/mol. The fourth-order valence-electron chi connectivity index (χ4n) is 4.76. The number of fused-ring (bicyclic) bond motifs is 1. The van der Waals surface area contributed by atoms with Crippen molar-refractivity contribution < 1.29 is 21.6 Å². The second-order valence-electron chi connectivity index (χ2n) is 9.70. The van der Waals surface area contributed by atoms with E-state index in [0.717, 1.165) is 15.2 Å². The number of rotatable bonds is 8. The standard InChI is InChI=1S/C29H28BrN3O5S2/c30-24-10-8-21(9-11-24)20-39(35,36)33-18-16-23(17-19-33)29(34)31-25-12-14-26(15-13-25)40(37,38)32-28-7-3-5-22-4-1-2-6-27(22)28/h1-15,23,32H,16-20H2,(H,31,34). The van der Waals surface area contributed by atoms with E-state index in [2.05, 4.69) is 26.0 Å². The molecule has 0 saturated carbocycles. The second-order valence-corrected chi connectivity index (χ2v) is 14.3. The minimum Gasteiger partial charge on any atom is -0.326 e. The molecule has 8 nitrogen and oxygen atoms in total. The first-order valence-electron chi connectivity index (χ1n) is 12.7. The van der Waals surface area contributed by atoms with E-state index >= 15 is 0 Å². The molecule has 0 radical (unpaired) electrons. The molecule has 1 aliphatic heterocycles. The Hall–Kier alpha value is -3.25. The van der Waals surface area contributed by atoms with Crippen molar-refractivity contribution in [3.05, 3.63) is 101 Å². The van der Waals surface area contributed by atoms with E-state index in [1.165, 1.54) is 16.4 Å². The summed E-state index contributed by atoms with van der Waals surface area (Å²) in [6.07, 6.45) is 0.819. The number of hydrogen-bond donors (Lipinski definition) is 2. The normalized spacial score (nSPS) is 15.1. The van der Waals surface area contributed by atoms with Crippen LogP contribution in [0.15, 0.2) is 100 Å². The number of piperidine rings is 1. The Morgan fingerprint density at radius 2 is 1.48 bits per heavy atom. The molecular weight excluding hydrogens is 614 g/mol. The molecule has 0 atom stereocenters. The third-order valence-corrected chi connectivity index (χ3v) is 10.7. The fraction of sp³-hybridized carbons (Fsp3) is 0.207. The molecule has 0 unspecified atom stereocenters. The number of anilines is 2. The highest BCUT2D eigenvalue weighted by molar-refractivity contribution is 9.10. The van der Waals surface area contributed by atoms with Gasteiger partial charge < -0.3 is 5.32 Å². The SMILES string of the molecule is O=C(Nc1ccc(S(=O)(=O)Nc2cccc3ccccc23)cc1)C1CCN(S(=O)(=O)Cc2ccc(Br)cc2)CC1. The van der Waals surface area contributed by atoms with Crippen LogP contribution in [0.25, 0.3) is 10.8 Å². The van der Waals surface area contributed by atoms with Gasteiger partial charge >= 0.3 is 0 Å². The van der Waals surface area contributed by atoms with Crippen molar-refractivity contribution in [1.82, 2.24) is 4.31 Å². The van der Waals surface area contributed by atoms with Crippen LogP contribution in [0.2, 0.25) is 0 Å². The monoisotopic (exact) mass is 641 g/mol. The van der Waals surface area contributed by atoms with Crippen LogP contribution in [0, 0.1) is 5.92 Å². The highest BCUT2D eigenvalue weighted by Gasteiger charge is 2.31. The Kier molecular flexibility index (Phi) is 8.27. The van der Waals surface area contributed by atoms with Crippen LogP contribution in [0.1, 0.15) is 18.4 Å². The van der Waals surface area contributed by atoms with Crippen LogP contribution in [0.5, 0.6) is 0 Å². The van der Waals surface area contributed by atoms with Crippen molar-refractivity contribution in [3.63, 3.8) is 0 Å². The number of carbonyl (C=O) groups excluding carboxylic acids is 1. The van der Waals surface area contributed by atoms with Gasteiger partial charge in [-0.25, -0.2) is 21.1 Å². The molecule has 5 rings (SSSR count). The molecule has 2 N–H and O–H groups in total. The molecular formula is C29H28BrN3O5S2. The van der Waals surface area contributed by atoms with E-state index in [1.807, 2.05) is 42.5 Å². The zero-order chi connectivity index (χ0) is 28.3. The molecule has 4 aromatic carbocycles. The number of nitrogens with one attached hydrogen (secondary N) is 2. The number of halogens is 1. The molecule has 0 aliphatic carbocycles. The lowest BCUT2D eigenvalue weighted by atomic mass is 9.97. The molecule has 1 aliphatic rings. The average Bonchev–Trinajstić information content (AvgIpc) is 2.94. The molecule has 0 bridgehead atoms. The Morgan fingerprint density at radius 1 is 0.825 bits per heavy atom. The highest BCUT2D eigenvalue weighted by atomic mass is 79.9. The van der Waals surface area contributed by atoms with Crippen LogP contribution < -0.4 is 10.0 Å². The Bertz CT molecular complexity index is 1730. The lowest BCUT2D eigenvalue weighted by molar-refractivity contribution is -0.120. The molecule has 0 spiro atoms. The third-order valence-electron chi connectivity index (χ3n) is 6.95. The quantitative estimate of drug-likeness (QED) is 0.261. The van der Waals surface area contributed by atoms with Crippen molar-refractivity contribution >= 4 is 64.0 Å². The number of amides is 1. The maximum Gasteiger partial charge on any atom is 0.261 e. The molecule has 0 aromatic heterocycles. The molecule has 1 fully saturated rings. The third kappa shape index (κ3) is 6.55. The average molecular weight is 643 g/mol. The highest BCUT2D eigenvalue weighted by Crippen LogP contribution is 2.27. The van der Waals surface area contributed by atoms with E-state index in [4.69, 9.17) is 0 Å². The van der Waals surface area contributed by atoms with Crippen LogP contribution in [0.3, 0.4) is 0 Å². The van der Waals surface area contributed by atoms with Crippen molar-refractivity contribution in [3.8, 4) is 0 Å². The number of carbonyl (C=O) groups is 1. The predicted octanol–water partition coefficient (Wildman–Crippen LogP) is 5.58. The number of sulfonamides is 2. The Labute approximate surface area is 242 Å². The molecule has 208 valence electrons. The molecule has 1 amide bonds. The molecule has 1 saturated heterocycles. The summed E-state index contributed by atoms with van der Waals surface area (Å²) in [5.41, 5.74) is 1.67. The van der Waals surface area contributed by atoms with Crippen molar-refractivity contribution in [1.29, 1.82) is 0 Å². The number of nitrogens with zero attached hydrogens (tertiary/aromatic N) is 1. The minimum atomic E-state index is -3.84. The number of hydrogen-bond acceptors (Lipinski definition) is 5. The van der Waals surface area contributed by atoms with Gasteiger partial charge in [0.2, 0.25) is 15.9 Å². The molecule has 11 heteroatoms. The Balaban J connectivity index is 1.17. The van der Waals surface area contributed by atoms with E-state index < -0.39 is 20.0 Å². The topological polar surface area (TPSA) is 113 Å². The summed E-state index contributed by atoms with van der Waals surface area (Å²) in [5, 5.41) is 4.56. The van der Waals surface area contributed by atoms with Crippen LogP contribution in [-0.4, -0.2) is 40.1 Å². The van der Waals surface area contributed by atoms with Crippen molar-refractivity contribution in [2.45, 2.75) is 23.5 Å². The van der Waals surface area contributed by atoms with E-state index in [1.54, 1.807) is 36.4 Å². The summed E-state index contributed by atoms with van der Waals surface area (Å²) in [5.74, 6) is -0.633. The first-order chi connectivity index (χ1) is 19.1. The van der Waals surface area contributed by atoms with E-state index in [-0.39, 0.29) is 35.6 Å². The lowest BCUT2D eigenvalue weighted by Gasteiger charge is -2.30. The fourth-order valence-corrected chi connectivity index (χ4v) is 7.67. The maximum absolute atomic E-state index is 13.0. The second kappa shape index (κ2) is 11.7.